The van der Waals surface area contributed by atoms with Gasteiger partial charge >= 0.3 is 10.4 Å². The third kappa shape index (κ3) is 3.21. The number of aliphatic hydroxyl groups is 1. The number of hydrogen-bond acceptors (Lipinski definition) is 4. The van der Waals surface area contributed by atoms with Gasteiger partial charge in [-0.25, -0.2) is 4.18 Å². The highest BCUT2D eigenvalue weighted by Crippen LogP contribution is 2.66. The molecule has 0 heterocycles. The number of fused-ring (bicyclic) bond motifs is 5. The first-order valence-electron chi connectivity index (χ1n) is 10.6. The fourth-order valence-corrected chi connectivity index (χ4v) is 8.22. The van der Waals surface area contributed by atoms with Crippen LogP contribution in [-0.4, -0.2) is 30.3 Å². The molecule has 0 saturated heterocycles. The van der Waals surface area contributed by atoms with E-state index in [2.05, 4.69) is 19.9 Å². The highest BCUT2D eigenvalue weighted by molar-refractivity contribution is 7.80. The van der Waals surface area contributed by atoms with E-state index in [9.17, 15) is 13.5 Å². The van der Waals surface area contributed by atoms with Crippen LogP contribution in [0.2, 0.25) is 0 Å². The van der Waals surface area contributed by atoms with Crippen LogP contribution in [0.5, 0.6) is 0 Å². The minimum Gasteiger partial charge on any atom is -0.393 e. The summed E-state index contributed by atoms with van der Waals surface area (Å²) in [7, 11) is -4.39. The summed E-state index contributed by atoms with van der Waals surface area (Å²) in [6.45, 7) is 6.74. The Bertz CT molecular complexity index is 729. The maximum absolute atomic E-state index is 11.1. The summed E-state index contributed by atoms with van der Waals surface area (Å²) in [5.41, 5.74) is 1.70. The van der Waals surface area contributed by atoms with Gasteiger partial charge in [-0.2, -0.15) is 8.42 Å². The lowest BCUT2D eigenvalue weighted by molar-refractivity contribution is -0.0666. The SMILES string of the molecule is C[C@@H](O)C1CC[C@H]2[C@@H]3CC=C4C[C@H](OS(=O)(=O)O)CC[C@]4(C)[C@H]3CC[C@]12C. The first kappa shape index (κ1) is 19.9. The summed E-state index contributed by atoms with van der Waals surface area (Å²) in [4.78, 5) is 0. The fraction of sp³-hybridized carbons (Fsp3) is 0.905. The van der Waals surface area contributed by atoms with Gasteiger partial charge < -0.3 is 5.11 Å². The Labute approximate surface area is 163 Å². The van der Waals surface area contributed by atoms with Crippen molar-refractivity contribution in [3.05, 3.63) is 11.6 Å². The van der Waals surface area contributed by atoms with E-state index < -0.39 is 16.5 Å². The van der Waals surface area contributed by atoms with Crippen LogP contribution in [0.4, 0.5) is 0 Å². The number of aliphatic hydroxyl groups excluding tert-OH is 1. The predicted molar refractivity (Wildman–Crippen MR) is 103 cm³/mol. The maximum Gasteiger partial charge on any atom is 0.397 e. The molecule has 8 atom stereocenters. The van der Waals surface area contributed by atoms with Gasteiger partial charge in [-0.05, 0) is 92.8 Å². The number of rotatable bonds is 3. The molecule has 0 spiro atoms. The molecule has 4 aliphatic rings. The van der Waals surface area contributed by atoms with Crippen molar-refractivity contribution in [1.29, 1.82) is 0 Å². The molecule has 154 valence electrons. The summed E-state index contributed by atoms with van der Waals surface area (Å²) in [5.74, 6) is 2.40. The fourth-order valence-electron chi connectivity index (χ4n) is 7.71. The second-order valence-electron chi connectivity index (χ2n) is 10.1. The van der Waals surface area contributed by atoms with Gasteiger partial charge in [0.25, 0.3) is 0 Å². The van der Waals surface area contributed by atoms with Crippen molar-refractivity contribution in [2.24, 2.45) is 34.5 Å². The smallest absolute Gasteiger partial charge is 0.393 e. The lowest BCUT2D eigenvalue weighted by atomic mass is 9.47. The second-order valence-corrected chi connectivity index (χ2v) is 11.2. The molecule has 3 saturated carbocycles. The Morgan fingerprint density at radius 1 is 1.15 bits per heavy atom. The Morgan fingerprint density at radius 2 is 1.89 bits per heavy atom. The highest BCUT2D eigenvalue weighted by atomic mass is 32.3. The van der Waals surface area contributed by atoms with Crippen LogP contribution in [0.3, 0.4) is 0 Å². The zero-order valence-electron chi connectivity index (χ0n) is 16.7. The zero-order chi connectivity index (χ0) is 19.6. The second kappa shape index (κ2) is 6.54. The minimum atomic E-state index is -4.39. The number of allylic oxidation sites excluding steroid dienone is 1. The van der Waals surface area contributed by atoms with E-state index >= 15 is 0 Å². The van der Waals surface area contributed by atoms with Crippen molar-refractivity contribution < 1.29 is 22.3 Å². The number of hydrogen-bond donors (Lipinski definition) is 2. The van der Waals surface area contributed by atoms with E-state index in [0.717, 1.165) is 19.3 Å². The molecule has 0 aromatic heterocycles. The lowest BCUT2D eigenvalue weighted by Crippen LogP contribution is -2.51. The van der Waals surface area contributed by atoms with Crippen LogP contribution in [0.1, 0.15) is 72.1 Å². The van der Waals surface area contributed by atoms with Gasteiger partial charge in [0.15, 0.2) is 0 Å². The van der Waals surface area contributed by atoms with Gasteiger partial charge in [-0.15, -0.1) is 0 Å². The van der Waals surface area contributed by atoms with E-state index in [1.807, 2.05) is 6.92 Å². The van der Waals surface area contributed by atoms with Crippen molar-refractivity contribution in [2.75, 3.05) is 0 Å². The average molecular weight is 399 g/mol. The Balaban J connectivity index is 1.57. The minimum absolute atomic E-state index is 0.117. The maximum atomic E-state index is 11.1. The molecule has 0 aromatic carbocycles. The van der Waals surface area contributed by atoms with E-state index in [0.29, 0.717) is 36.5 Å². The van der Waals surface area contributed by atoms with Crippen LogP contribution < -0.4 is 0 Å². The third-order valence-corrected chi connectivity index (χ3v) is 9.49. The molecule has 4 rings (SSSR count). The molecule has 1 unspecified atom stereocenters. The monoisotopic (exact) mass is 398 g/mol. The quantitative estimate of drug-likeness (QED) is 0.551. The molecule has 5 nitrogen and oxygen atoms in total. The average Bonchev–Trinajstić information content (AvgIpc) is 2.91. The zero-order valence-corrected chi connectivity index (χ0v) is 17.5. The Morgan fingerprint density at radius 3 is 2.56 bits per heavy atom. The molecular weight excluding hydrogens is 364 g/mol. The van der Waals surface area contributed by atoms with Crippen LogP contribution in [-0.2, 0) is 14.6 Å². The molecule has 0 aliphatic heterocycles. The molecule has 0 amide bonds. The third-order valence-electron chi connectivity index (χ3n) is 8.97. The van der Waals surface area contributed by atoms with Crippen LogP contribution in [0, 0.1) is 34.5 Å². The lowest BCUT2D eigenvalue weighted by Gasteiger charge is -2.58. The normalized spacial score (nSPS) is 48.2. The molecule has 4 aliphatic carbocycles. The Kier molecular flexibility index (Phi) is 4.81. The summed E-state index contributed by atoms with van der Waals surface area (Å²) < 4.78 is 36.1. The standard InChI is InChI=1S/C21H34O5S/c1-13(22)17-6-7-18-16-5-4-14-12-15(26-27(23,24)25)8-10-20(14,2)19(16)9-11-21(17,18)3/h4,13,15-19,22H,5-12H2,1-3H3,(H,23,24,25)/t13-,15-,16+,17?,18+,19+,20+,21-/m1/s1. The van der Waals surface area contributed by atoms with Crippen molar-refractivity contribution in [3.63, 3.8) is 0 Å². The van der Waals surface area contributed by atoms with Crippen LogP contribution in [0.15, 0.2) is 11.6 Å². The van der Waals surface area contributed by atoms with Gasteiger partial charge in [-0.1, -0.05) is 25.5 Å². The van der Waals surface area contributed by atoms with Crippen molar-refractivity contribution in [1.82, 2.24) is 0 Å². The summed E-state index contributed by atoms with van der Waals surface area (Å²) >= 11 is 0. The molecule has 0 radical (unpaired) electrons. The molecule has 0 aromatic rings. The first-order valence-corrected chi connectivity index (χ1v) is 11.9. The van der Waals surface area contributed by atoms with Gasteiger partial charge in [-0.3, -0.25) is 4.55 Å². The first-order chi connectivity index (χ1) is 12.5. The molecule has 6 heteroatoms. The summed E-state index contributed by atoms with van der Waals surface area (Å²) in [5, 5.41) is 10.3. The van der Waals surface area contributed by atoms with Gasteiger partial charge in [0.2, 0.25) is 0 Å². The van der Waals surface area contributed by atoms with E-state index in [1.165, 1.54) is 24.8 Å². The molecule has 0 bridgehead atoms. The molecule has 27 heavy (non-hydrogen) atoms. The van der Waals surface area contributed by atoms with Crippen molar-refractivity contribution in [2.45, 2.75) is 84.3 Å². The van der Waals surface area contributed by atoms with Crippen molar-refractivity contribution >= 4 is 10.4 Å². The van der Waals surface area contributed by atoms with E-state index in [-0.39, 0.29) is 16.9 Å². The highest BCUT2D eigenvalue weighted by Gasteiger charge is 2.59. The topological polar surface area (TPSA) is 83.8 Å². The van der Waals surface area contributed by atoms with E-state index in [4.69, 9.17) is 8.74 Å². The Hall–Kier alpha value is -0.430. The van der Waals surface area contributed by atoms with Gasteiger partial charge in [0.05, 0.1) is 12.2 Å². The van der Waals surface area contributed by atoms with Crippen molar-refractivity contribution in [3.8, 4) is 0 Å². The molecule has 2 N–H and O–H groups in total. The largest absolute Gasteiger partial charge is 0.397 e. The van der Waals surface area contributed by atoms with Crippen LogP contribution in [0.25, 0.3) is 0 Å². The predicted octanol–water partition coefficient (Wildman–Crippen LogP) is 4.13. The van der Waals surface area contributed by atoms with E-state index in [1.54, 1.807) is 0 Å². The van der Waals surface area contributed by atoms with Crippen LogP contribution >= 0.6 is 0 Å². The molecule has 3 fully saturated rings. The summed E-state index contributed by atoms with van der Waals surface area (Å²) in [6, 6.07) is 0. The summed E-state index contributed by atoms with van der Waals surface area (Å²) in [6.07, 6.45) is 9.69. The van der Waals surface area contributed by atoms with Gasteiger partial charge in [0.1, 0.15) is 0 Å². The molecular formula is C21H34O5S. The van der Waals surface area contributed by atoms with Gasteiger partial charge in [0, 0.05) is 0 Å².